The van der Waals surface area contributed by atoms with E-state index in [0.29, 0.717) is 0 Å². The van der Waals surface area contributed by atoms with E-state index in [4.69, 9.17) is 4.98 Å². The van der Waals surface area contributed by atoms with Crippen LogP contribution in [0, 0.1) is 0 Å². The number of rotatable bonds is 4. The molecule has 0 spiro atoms. The Morgan fingerprint density at radius 2 is 2.05 bits per heavy atom. The second kappa shape index (κ2) is 6.10. The maximum Gasteiger partial charge on any atom is 0.110 e. The minimum absolute atomic E-state index is 0.917. The minimum atomic E-state index is 0.917. The SMILES string of the molecule is CNCCc1nc(-c2ccc3c(c2)CCCC3)c(Br)[nH]1. The number of imidazole rings is 1. The molecule has 0 bridgehead atoms. The zero-order valence-electron chi connectivity index (χ0n) is 11.8. The van der Waals surface area contributed by atoms with Crippen LogP contribution in [0.3, 0.4) is 0 Å². The van der Waals surface area contributed by atoms with Crippen molar-refractivity contribution in [2.45, 2.75) is 32.1 Å². The van der Waals surface area contributed by atoms with Crippen molar-refractivity contribution in [2.75, 3.05) is 13.6 Å². The van der Waals surface area contributed by atoms with Crippen LogP contribution in [-0.4, -0.2) is 23.6 Å². The molecule has 0 saturated carbocycles. The van der Waals surface area contributed by atoms with E-state index in [2.05, 4.69) is 44.4 Å². The number of aromatic nitrogens is 2. The topological polar surface area (TPSA) is 40.7 Å². The molecular weight excluding hydrogens is 314 g/mol. The van der Waals surface area contributed by atoms with E-state index in [1.54, 1.807) is 0 Å². The molecule has 106 valence electrons. The zero-order chi connectivity index (χ0) is 13.9. The fraction of sp³-hybridized carbons (Fsp3) is 0.438. The van der Waals surface area contributed by atoms with Gasteiger partial charge in [0, 0.05) is 18.5 Å². The number of aryl methyl sites for hydroxylation is 2. The molecule has 1 aromatic carbocycles. The highest BCUT2D eigenvalue weighted by Crippen LogP contribution is 2.30. The lowest BCUT2D eigenvalue weighted by molar-refractivity contribution is 0.686. The van der Waals surface area contributed by atoms with Crippen LogP contribution in [0.5, 0.6) is 0 Å². The number of hydrogen-bond acceptors (Lipinski definition) is 2. The van der Waals surface area contributed by atoms with Gasteiger partial charge in [0.05, 0.1) is 0 Å². The second-order valence-corrected chi connectivity index (χ2v) is 6.18. The summed E-state index contributed by atoms with van der Waals surface area (Å²) in [5, 5.41) is 3.15. The lowest BCUT2D eigenvalue weighted by atomic mass is 9.90. The van der Waals surface area contributed by atoms with Gasteiger partial charge in [-0.05, 0) is 65.9 Å². The first-order valence-electron chi connectivity index (χ1n) is 7.29. The first kappa shape index (κ1) is 13.8. The highest BCUT2D eigenvalue weighted by Gasteiger charge is 2.14. The van der Waals surface area contributed by atoms with Crippen LogP contribution >= 0.6 is 15.9 Å². The van der Waals surface area contributed by atoms with Crippen molar-refractivity contribution >= 4 is 15.9 Å². The van der Waals surface area contributed by atoms with Crippen molar-refractivity contribution in [3.8, 4) is 11.3 Å². The summed E-state index contributed by atoms with van der Waals surface area (Å²) in [7, 11) is 1.96. The molecule has 0 unspecified atom stereocenters. The molecule has 0 radical (unpaired) electrons. The standard InChI is InChI=1S/C16H20BrN3/c1-18-9-8-14-19-15(16(17)20-14)13-7-6-11-4-2-3-5-12(11)10-13/h6-7,10,18H,2-5,8-9H2,1H3,(H,19,20). The Kier molecular flexibility index (Phi) is 4.22. The van der Waals surface area contributed by atoms with Crippen LogP contribution in [-0.2, 0) is 19.3 Å². The van der Waals surface area contributed by atoms with E-state index in [-0.39, 0.29) is 0 Å². The Morgan fingerprint density at radius 3 is 2.85 bits per heavy atom. The van der Waals surface area contributed by atoms with Gasteiger partial charge in [0.1, 0.15) is 16.1 Å². The second-order valence-electron chi connectivity index (χ2n) is 5.39. The normalized spacial score (nSPS) is 14.3. The van der Waals surface area contributed by atoms with Crippen molar-refractivity contribution in [3.05, 3.63) is 39.8 Å². The molecule has 3 rings (SSSR count). The summed E-state index contributed by atoms with van der Waals surface area (Å²) < 4.78 is 0.986. The molecular formula is C16H20BrN3. The van der Waals surface area contributed by atoms with Crippen molar-refractivity contribution < 1.29 is 0 Å². The summed E-state index contributed by atoms with van der Waals surface area (Å²) in [6.45, 7) is 0.934. The van der Waals surface area contributed by atoms with Gasteiger partial charge in [-0.2, -0.15) is 0 Å². The fourth-order valence-electron chi connectivity index (χ4n) is 2.83. The minimum Gasteiger partial charge on any atom is -0.336 e. The van der Waals surface area contributed by atoms with Crippen LogP contribution < -0.4 is 5.32 Å². The first-order chi connectivity index (χ1) is 9.78. The van der Waals surface area contributed by atoms with Gasteiger partial charge in [-0.25, -0.2) is 4.98 Å². The molecule has 0 atom stereocenters. The summed E-state index contributed by atoms with van der Waals surface area (Å²) in [5.74, 6) is 1.03. The Morgan fingerprint density at radius 1 is 1.25 bits per heavy atom. The Bertz CT molecular complexity index is 604. The molecule has 1 aromatic heterocycles. The van der Waals surface area contributed by atoms with E-state index in [1.807, 2.05) is 7.05 Å². The number of fused-ring (bicyclic) bond motifs is 1. The number of hydrogen-bond donors (Lipinski definition) is 2. The first-order valence-corrected chi connectivity index (χ1v) is 8.08. The van der Waals surface area contributed by atoms with Crippen LogP contribution in [0.25, 0.3) is 11.3 Å². The summed E-state index contributed by atoms with van der Waals surface area (Å²) >= 11 is 3.60. The van der Waals surface area contributed by atoms with Gasteiger partial charge in [0.25, 0.3) is 0 Å². The lowest BCUT2D eigenvalue weighted by Gasteiger charge is -2.16. The van der Waals surface area contributed by atoms with Gasteiger partial charge < -0.3 is 10.3 Å². The van der Waals surface area contributed by atoms with Crippen LogP contribution in [0.4, 0.5) is 0 Å². The molecule has 1 aliphatic rings. The molecule has 0 saturated heterocycles. The third kappa shape index (κ3) is 2.81. The highest BCUT2D eigenvalue weighted by molar-refractivity contribution is 9.10. The monoisotopic (exact) mass is 333 g/mol. The van der Waals surface area contributed by atoms with E-state index in [0.717, 1.165) is 29.1 Å². The van der Waals surface area contributed by atoms with Crippen molar-refractivity contribution in [3.63, 3.8) is 0 Å². The van der Waals surface area contributed by atoms with Gasteiger partial charge in [-0.15, -0.1) is 0 Å². The van der Waals surface area contributed by atoms with Crippen LogP contribution in [0.2, 0.25) is 0 Å². The smallest absolute Gasteiger partial charge is 0.110 e. The summed E-state index contributed by atoms with van der Waals surface area (Å²) in [4.78, 5) is 8.05. The molecule has 2 aromatic rings. The van der Waals surface area contributed by atoms with Crippen molar-refractivity contribution in [2.24, 2.45) is 0 Å². The van der Waals surface area contributed by atoms with Crippen molar-refractivity contribution in [1.82, 2.24) is 15.3 Å². The van der Waals surface area contributed by atoms with E-state index in [9.17, 15) is 0 Å². The number of nitrogens with zero attached hydrogens (tertiary/aromatic N) is 1. The van der Waals surface area contributed by atoms with Crippen LogP contribution in [0.15, 0.2) is 22.8 Å². The summed E-state index contributed by atoms with van der Waals surface area (Å²) in [5.41, 5.74) is 5.26. The number of nitrogens with one attached hydrogen (secondary N) is 2. The maximum atomic E-state index is 4.72. The van der Waals surface area contributed by atoms with Crippen molar-refractivity contribution in [1.29, 1.82) is 0 Å². The number of benzene rings is 1. The number of halogens is 1. The zero-order valence-corrected chi connectivity index (χ0v) is 13.4. The maximum absolute atomic E-state index is 4.72. The third-order valence-electron chi connectivity index (χ3n) is 3.94. The number of H-pyrrole nitrogens is 1. The average Bonchev–Trinajstić information content (AvgIpc) is 2.85. The van der Waals surface area contributed by atoms with Gasteiger partial charge >= 0.3 is 0 Å². The molecule has 0 aliphatic heterocycles. The van der Waals surface area contributed by atoms with Gasteiger partial charge in [-0.1, -0.05) is 12.1 Å². The van der Waals surface area contributed by atoms with E-state index >= 15 is 0 Å². The molecule has 0 fully saturated rings. The summed E-state index contributed by atoms with van der Waals surface area (Å²) in [6, 6.07) is 6.79. The highest BCUT2D eigenvalue weighted by atomic mass is 79.9. The van der Waals surface area contributed by atoms with E-state index < -0.39 is 0 Å². The molecule has 1 aliphatic carbocycles. The van der Waals surface area contributed by atoms with Gasteiger partial charge in [0.15, 0.2) is 0 Å². The number of likely N-dealkylation sites (N-methyl/N-ethyl adjacent to an activating group) is 1. The van der Waals surface area contributed by atoms with E-state index in [1.165, 1.54) is 42.4 Å². The molecule has 1 heterocycles. The Hall–Kier alpha value is -1.13. The average molecular weight is 334 g/mol. The van der Waals surface area contributed by atoms with Crippen LogP contribution in [0.1, 0.15) is 29.8 Å². The fourth-order valence-corrected chi connectivity index (χ4v) is 3.38. The molecule has 2 N–H and O–H groups in total. The quantitative estimate of drug-likeness (QED) is 0.899. The molecule has 20 heavy (non-hydrogen) atoms. The third-order valence-corrected chi connectivity index (χ3v) is 4.52. The predicted molar refractivity (Wildman–Crippen MR) is 86.0 cm³/mol. The summed E-state index contributed by atoms with van der Waals surface area (Å²) in [6.07, 6.45) is 5.99. The lowest BCUT2D eigenvalue weighted by Crippen LogP contribution is -2.11. The van der Waals surface area contributed by atoms with Gasteiger partial charge in [0.2, 0.25) is 0 Å². The predicted octanol–water partition coefficient (Wildman–Crippen LogP) is 3.48. The Balaban J connectivity index is 1.90. The molecule has 4 heteroatoms. The molecule has 3 nitrogen and oxygen atoms in total. The Labute approximate surface area is 128 Å². The van der Waals surface area contributed by atoms with Gasteiger partial charge in [-0.3, -0.25) is 0 Å². The molecule has 0 amide bonds. The number of aromatic amines is 1. The largest absolute Gasteiger partial charge is 0.336 e.